The van der Waals surface area contributed by atoms with Crippen LogP contribution in [-0.2, 0) is 0 Å². The molecule has 0 spiro atoms. The second-order valence-electron chi connectivity index (χ2n) is 4.61. The maximum atomic E-state index is 3.60. The number of hydrogen-bond donors (Lipinski definition) is 1. The molecule has 102 valence electrons. The monoisotopic (exact) mass is 265 g/mol. The van der Waals surface area contributed by atoms with E-state index in [1.54, 1.807) is 0 Å². The number of thioether (sulfide) groups is 1. The first-order chi connectivity index (χ1) is 8.81. The fraction of sp³-hybridized carbons (Fsp3) is 0.625. The van der Waals surface area contributed by atoms with E-state index in [1.807, 2.05) is 11.8 Å². The number of unbranched alkanes of at least 4 members (excludes halogenated alkanes) is 2. The summed E-state index contributed by atoms with van der Waals surface area (Å²) in [6, 6.07) is 9.62. The van der Waals surface area contributed by atoms with E-state index in [9.17, 15) is 0 Å². The predicted molar refractivity (Wildman–Crippen MR) is 83.4 cm³/mol. The highest BCUT2D eigenvalue weighted by Gasteiger charge is 2.09. The molecule has 0 aliphatic carbocycles. The van der Waals surface area contributed by atoms with Gasteiger partial charge in [0.25, 0.3) is 0 Å². The molecule has 0 saturated heterocycles. The lowest BCUT2D eigenvalue weighted by atomic mass is 10.0. The second-order valence-corrected chi connectivity index (χ2v) is 5.95. The Balaban J connectivity index is 2.60. The number of nitrogens with one attached hydrogen (secondary N) is 1. The van der Waals surface area contributed by atoms with Crippen molar-refractivity contribution >= 4 is 11.8 Å². The van der Waals surface area contributed by atoms with E-state index in [0.29, 0.717) is 6.04 Å². The molecule has 1 nitrogen and oxygen atoms in total. The summed E-state index contributed by atoms with van der Waals surface area (Å²) in [7, 11) is 0. The van der Waals surface area contributed by atoms with E-state index in [-0.39, 0.29) is 0 Å². The third-order valence-electron chi connectivity index (χ3n) is 3.14. The van der Waals surface area contributed by atoms with Gasteiger partial charge in [-0.3, -0.25) is 0 Å². The van der Waals surface area contributed by atoms with E-state index < -0.39 is 0 Å². The maximum absolute atomic E-state index is 3.60. The molecule has 0 bridgehead atoms. The molecule has 18 heavy (non-hydrogen) atoms. The summed E-state index contributed by atoms with van der Waals surface area (Å²) in [6.07, 6.45) is 5.21. The summed E-state index contributed by atoms with van der Waals surface area (Å²) in [5.74, 6) is 1.15. The second kappa shape index (κ2) is 9.46. The van der Waals surface area contributed by atoms with Gasteiger partial charge in [0.15, 0.2) is 0 Å². The molecule has 0 heterocycles. The fourth-order valence-corrected chi connectivity index (χ4v) is 2.86. The van der Waals surface area contributed by atoms with Gasteiger partial charge in [-0.2, -0.15) is 0 Å². The van der Waals surface area contributed by atoms with Crippen LogP contribution in [0.4, 0.5) is 0 Å². The van der Waals surface area contributed by atoms with E-state index in [2.05, 4.69) is 50.4 Å². The average Bonchev–Trinajstić information content (AvgIpc) is 2.39. The Hall–Kier alpha value is -0.470. The molecule has 2 heteroatoms. The molecule has 0 amide bonds. The van der Waals surface area contributed by atoms with Gasteiger partial charge in [0.1, 0.15) is 0 Å². The Morgan fingerprint density at radius 1 is 1.06 bits per heavy atom. The molecule has 1 aromatic carbocycles. The van der Waals surface area contributed by atoms with Crippen LogP contribution in [-0.4, -0.2) is 12.3 Å². The van der Waals surface area contributed by atoms with Crippen LogP contribution < -0.4 is 5.32 Å². The van der Waals surface area contributed by atoms with Crippen molar-refractivity contribution in [2.24, 2.45) is 0 Å². The summed E-state index contributed by atoms with van der Waals surface area (Å²) in [5.41, 5.74) is 1.44. The van der Waals surface area contributed by atoms with Crippen LogP contribution in [0.1, 0.15) is 58.1 Å². The van der Waals surface area contributed by atoms with Crippen LogP contribution in [0.5, 0.6) is 0 Å². The summed E-state index contributed by atoms with van der Waals surface area (Å²) in [4.78, 5) is 1.38. The highest BCUT2D eigenvalue weighted by atomic mass is 32.2. The molecule has 1 aromatic rings. The molecule has 1 unspecified atom stereocenters. The first kappa shape index (κ1) is 15.6. The Bertz CT molecular complexity index is 307. The first-order valence-corrected chi connectivity index (χ1v) is 8.26. The number of hydrogen-bond acceptors (Lipinski definition) is 2. The zero-order chi connectivity index (χ0) is 13.2. The van der Waals surface area contributed by atoms with E-state index in [0.717, 1.165) is 12.3 Å². The van der Waals surface area contributed by atoms with Crippen LogP contribution in [0.2, 0.25) is 0 Å². The van der Waals surface area contributed by atoms with Gasteiger partial charge in [0.05, 0.1) is 0 Å². The highest BCUT2D eigenvalue weighted by Crippen LogP contribution is 2.23. The lowest BCUT2D eigenvalue weighted by Gasteiger charge is -2.18. The van der Waals surface area contributed by atoms with Gasteiger partial charge in [-0.15, -0.1) is 11.8 Å². The third-order valence-corrected chi connectivity index (χ3v) is 4.03. The molecular formula is C16H27NS. The van der Waals surface area contributed by atoms with E-state index in [1.165, 1.54) is 36.1 Å². The molecule has 0 aromatic heterocycles. The lowest BCUT2D eigenvalue weighted by Crippen LogP contribution is -2.20. The summed E-state index contributed by atoms with van der Waals surface area (Å²) in [6.45, 7) is 7.69. The van der Waals surface area contributed by atoms with Crippen molar-refractivity contribution in [3.8, 4) is 0 Å². The summed E-state index contributed by atoms with van der Waals surface area (Å²) < 4.78 is 0. The van der Waals surface area contributed by atoms with Gasteiger partial charge in [0, 0.05) is 10.9 Å². The van der Waals surface area contributed by atoms with Gasteiger partial charge in [-0.25, -0.2) is 0 Å². The normalized spacial score (nSPS) is 12.6. The van der Waals surface area contributed by atoms with Crippen molar-refractivity contribution in [2.75, 3.05) is 12.3 Å². The van der Waals surface area contributed by atoms with Gasteiger partial charge in [0.2, 0.25) is 0 Å². The first-order valence-electron chi connectivity index (χ1n) is 7.27. The van der Waals surface area contributed by atoms with Crippen molar-refractivity contribution in [3.05, 3.63) is 29.8 Å². The molecule has 0 saturated carbocycles. The minimum absolute atomic E-state index is 0.530. The van der Waals surface area contributed by atoms with Crippen LogP contribution in [0.15, 0.2) is 29.2 Å². The molecule has 1 atom stereocenters. The predicted octanol–water partition coefficient (Wildman–Crippen LogP) is 5.03. The third kappa shape index (κ3) is 5.45. The molecule has 0 radical (unpaired) electrons. The molecule has 0 aliphatic heterocycles. The minimum atomic E-state index is 0.530. The molecular weight excluding hydrogens is 238 g/mol. The number of rotatable bonds is 9. The topological polar surface area (TPSA) is 12.0 Å². The maximum Gasteiger partial charge on any atom is 0.0320 e. The zero-order valence-corrected chi connectivity index (χ0v) is 12.9. The highest BCUT2D eigenvalue weighted by molar-refractivity contribution is 7.99. The van der Waals surface area contributed by atoms with Crippen LogP contribution in [0, 0.1) is 0 Å². The van der Waals surface area contributed by atoms with Gasteiger partial charge >= 0.3 is 0 Å². The molecule has 0 aliphatic rings. The van der Waals surface area contributed by atoms with Crippen molar-refractivity contribution in [3.63, 3.8) is 0 Å². The van der Waals surface area contributed by atoms with Crippen molar-refractivity contribution < 1.29 is 0 Å². The van der Waals surface area contributed by atoms with E-state index in [4.69, 9.17) is 0 Å². The Kier molecular flexibility index (Phi) is 8.19. The zero-order valence-electron chi connectivity index (χ0n) is 12.0. The summed E-state index contributed by atoms with van der Waals surface area (Å²) in [5, 5.41) is 3.60. The molecule has 1 N–H and O–H groups in total. The van der Waals surface area contributed by atoms with Crippen LogP contribution >= 0.6 is 11.8 Å². The van der Waals surface area contributed by atoms with Gasteiger partial charge < -0.3 is 5.32 Å². The average molecular weight is 265 g/mol. The summed E-state index contributed by atoms with van der Waals surface area (Å²) >= 11 is 1.91. The SMILES string of the molecule is CCCCCC(NCC)c1ccc(SCC)cc1. The smallest absolute Gasteiger partial charge is 0.0320 e. The largest absolute Gasteiger partial charge is 0.310 e. The Labute approximate surface area is 117 Å². The lowest BCUT2D eigenvalue weighted by molar-refractivity contribution is 0.486. The van der Waals surface area contributed by atoms with Crippen molar-refractivity contribution in [1.29, 1.82) is 0 Å². The number of benzene rings is 1. The molecule has 0 fully saturated rings. The van der Waals surface area contributed by atoms with Crippen LogP contribution in [0.3, 0.4) is 0 Å². The Morgan fingerprint density at radius 3 is 2.33 bits per heavy atom. The minimum Gasteiger partial charge on any atom is -0.310 e. The van der Waals surface area contributed by atoms with Crippen molar-refractivity contribution in [1.82, 2.24) is 5.32 Å². The quantitative estimate of drug-likeness (QED) is 0.496. The Morgan fingerprint density at radius 2 is 1.78 bits per heavy atom. The van der Waals surface area contributed by atoms with E-state index >= 15 is 0 Å². The molecule has 1 rings (SSSR count). The fourth-order valence-electron chi connectivity index (χ4n) is 2.19. The van der Waals surface area contributed by atoms with Gasteiger partial charge in [-0.05, 0) is 36.4 Å². The van der Waals surface area contributed by atoms with Gasteiger partial charge in [-0.1, -0.05) is 52.2 Å². The standard InChI is InChI=1S/C16H27NS/c1-4-7-8-9-16(17-5-2)14-10-12-15(13-11-14)18-6-3/h10-13,16-17H,4-9H2,1-3H3. The van der Waals surface area contributed by atoms with Crippen molar-refractivity contribution in [2.45, 2.75) is 57.4 Å². The van der Waals surface area contributed by atoms with Crippen LogP contribution in [0.25, 0.3) is 0 Å².